The fourth-order valence-corrected chi connectivity index (χ4v) is 1.62. The summed E-state index contributed by atoms with van der Waals surface area (Å²) in [5, 5.41) is 8.90. The Kier molecular flexibility index (Phi) is 4.83. The standard InChI is InChI=1S/C7H18N2O3S/c1-6(2)7(5-10)8-13(11,12)9(3)4/h6-8,10H,5H2,1-4H3. The molecule has 0 amide bonds. The van der Waals surface area contributed by atoms with Crippen molar-refractivity contribution in [1.82, 2.24) is 9.03 Å². The van der Waals surface area contributed by atoms with Crippen LogP contribution in [0.25, 0.3) is 0 Å². The van der Waals surface area contributed by atoms with Crippen LogP contribution in [0, 0.1) is 5.92 Å². The molecular weight excluding hydrogens is 192 g/mol. The van der Waals surface area contributed by atoms with Crippen LogP contribution in [0.2, 0.25) is 0 Å². The molecule has 0 fully saturated rings. The molecule has 0 aromatic rings. The van der Waals surface area contributed by atoms with Crippen LogP contribution in [0.15, 0.2) is 0 Å². The van der Waals surface area contributed by atoms with E-state index in [0.29, 0.717) is 0 Å². The maximum Gasteiger partial charge on any atom is 0.279 e. The third-order valence-corrected chi connectivity index (χ3v) is 3.34. The molecule has 0 aliphatic heterocycles. The second-order valence-corrected chi connectivity index (χ2v) is 5.35. The van der Waals surface area contributed by atoms with Crippen molar-refractivity contribution in [2.45, 2.75) is 19.9 Å². The van der Waals surface area contributed by atoms with Gasteiger partial charge >= 0.3 is 0 Å². The highest BCUT2D eigenvalue weighted by Crippen LogP contribution is 2.03. The number of rotatable bonds is 5. The van der Waals surface area contributed by atoms with Crippen LogP contribution in [0.5, 0.6) is 0 Å². The fourth-order valence-electron chi connectivity index (χ4n) is 0.681. The fraction of sp³-hybridized carbons (Fsp3) is 1.00. The third-order valence-electron chi connectivity index (χ3n) is 1.78. The molecule has 5 nitrogen and oxygen atoms in total. The zero-order chi connectivity index (χ0) is 10.6. The minimum Gasteiger partial charge on any atom is -0.395 e. The maximum absolute atomic E-state index is 11.3. The van der Waals surface area contributed by atoms with Gasteiger partial charge in [-0.3, -0.25) is 0 Å². The van der Waals surface area contributed by atoms with Gasteiger partial charge in [0.1, 0.15) is 0 Å². The normalized spacial score (nSPS) is 15.3. The van der Waals surface area contributed by atoms with Gasteiger partial charge < -0.3 is 5.11 Å². The summed E-state index contributed by atoms with van der Waals surface area (Å²) in [6, 6.07) is -0.424. The molecule has 0 bridgehead atoms. The predicted molar refractivity (Wildman–Crippen MR) is 51.5 cm³/mol. The minimum absolute atomic E-state index is 0.0692. The van der Waals surface area contributed by atoms with Gasteiger partial charge in [0.05, 0.1) is 6.61 Å². The van der Waals surface area contributed by atoms with Crippen molar-refractivity contribution in [3.63, 3.8) is 0 Å². The van der Waals surface area contributed by atoms with Crippen molar-refractivity contribution < 1.29 is 13.5 Å². The first-order valence-corrected chi connectivity index (χ1v) is 5.56. The number of hydrogen-bond donors (Lipinski definition) is 2. The molecule has 0 aromatic heterocycles. The summed E-state index contributed by atoms with van der Waals surface area (Å²) in [7, 11) is -0.548. The second kappa shape index (κ2) is 4.90. The van der Waals surface area contributed by atoms with Crippen molar-refractivity contribution >= 4 is 10.2 Å². The Bertz CT molecular complexity index is 236. The smallest absolute Gasteiger partial charge is 0.279 e. The van der Waals surface area contributed by atoms with Crippen LogP contribution in [0.4, 0.5) is 0 Å². The highest BCUT2D eigenvalue weighted by molar-refractivity contribution is 7.87. The largest absolute Gasteiger partial charge is 0.395 e. The van der Waals surface area contributed by atoms with Gasteiger partial charge in [0.15, 0.2) is 0 Å². The van der Waals surface area contributed by atoms with E-state index in [-0.39, 0.29) is 12.5 Å². The number of nitrogens with one attached hydrogen (secondary N) is 1. The Labute approximate surface area is 79.9 Å². The first-order chi connectivity index (χ1) is 5.81. The zero-order valence-corrected chi connectivity index (χ0v) is 9.30. The van der Waals surface area contributed by atoms with E-state index in [1.54, 1.807) is 0 Å². The quantitative estimate of drug-likeness (QED) is 0.636. The Morgan fingerprint density at radius 2 is 1.85 bits per heavy atom. The van der Waals surface area contributed by atoms with Crippen molar-refractivity contribution in [3.05, 3.63) is 0 Å². The summed E-state index contributed by atoms with van der Waals surface area (Å²) in [5.41, 5.74) is 0. The van der Waals surface area contributed by atoms with Crippen molar-refractivity contribution in [2.24, 2.45) is 5.92 Å². The molecule has 0 saturated carbocycles. The molecule has 0 aromatic carbocycles. The lowest BCUT2D eigenvalue weighted by Crippen LogP contribution is -2.46. The first kappa shape index (κ1) is 12.8. The Morgan fingerprint density at radius 1 is 1.38 bits per heavy atom. The molecule has 0 rings (SSSR count). The van der Waals surface area contributed by atoms with Gasteiger partial charge in [-0.05, 0) is 5.92 Å². The third kappa shape index (κ3) is 4.04. The van der Waals surface area contributed by atoms with E-state index in [4.69, 9.17) is 5.11 Å². The molecule has 0 saturated heterocycles. The molecule has 1 atom stereocenters. The average Bonchev–Trinajstić information content (AvgIpc) is 1.99. The summed E-state index contributed by atoms with van der Waals surface area (Å²) < 4.78 is 26.1. The molecule has 0 radical (unpaired) electrons. The van der Waals surface area contributed by atoms with E-state index >= 15 is 0 Å². The van der Waals surface area contributed by atoms with E-state index in [1.165, 1.54) is 14.1 Å². The van der Waals surface area contributed by atoms with E-state index < -0.39 is 16.3 Å². The lowest BCUT2D eigenvalue weighted by atomic mass is 10.1. The van der Waals surface area contributed by atoms with E-state index in [0.717, 1.165) is 4.31 Å². The highest BCUT2D eigenvalue weighted by atomic mass is 32.2. The van der Waals surface area contributed by atoms with E-state index in [2.05, 4.69) is 4.72 Å². The number of hydrogen-bond acceptors (Lipinski definition) is 3. The number of aliphatic hydroxyl groups excluding tert-OH is 1. The Balaban J connectivity index is 4.41. The molecule has 1 unspecified atom stereocenters. The molecule has 80 valence electrons. The van der Waals surface area contributed by atoms with E-state index in [1.807, 2.05) is 13.8 Å². The summed E-state index contributed by atoms with van der Waals surface area (Å²) >= 11 is 0. The van der Waals surface area contributed by atoms with Gasteiger partial charge in [-0.1, -0.05) is 13.8 Å². The highest BCUT2D eigenvalue weighted by Gasteiger charge is 2.21. The van der Waals surface area contributed by atoms with Gasteiger partial charge in [-0.2, -0.15) is 17.4 Å². The summed E-state index contributed by atoms with van der Waals surface area (Å²) in [5.74, 6) is 0.0692. The topological polar surface area (TPSA) is 69.6 Å². The molecule has 2 N–H and O–H groups in total. The first-order valence-electron chi connectivity index (χ1n) is 4.12. The van der Waals surface area contributed by atoms with Crippen LogP contribution < -0.4 is 4.72 Å². The second-order valence-electron chi connectivity index (χ2n) is 3.44. The number of aliphatic hydroxyl groups is 1. The van der Waals surface area contributed by atoms with Crippen molar-refractivity contribution in [2.75, 3.05) is 20.7 Å². The zero-order valence-electron chi connectivity index (χ0n) is 8.48. The van der Waals surface area contributed by atoms with Gasteiger partial charge in [-0.25, -0.2) is 0 Å². The van der Waals surface area contributed by atoms with Crippen LogP contribution in [0.1, 0.15) is 13.8 Å². The Morgan fingerprint density at radius 3 is 2.08 bits per heavy atom. The van der Waals surface area contributed by atoms with Crippen LogP contribution >= 0.6 is 0 Å². The SMILES string of the molecule is CC(C)C(CO)NS(=O)(=O)N(C)C. The molecule has 0 heterocycles. The summed E-state index contributed by atoms with van der Waals surface area (Å²) in [4.78, 5) is 0. The van der Waals surface area contributed by atoms with Gasteiger partial charge in [0, 0.05) is 20.1 Å². The lowest BCUT2D eigenvalue weighted by Gasteiger charge is -2.22. The van der Waals surface area contributed by atoms with Crippen LogP contribution in [-0.4, -0.2) is 44.6 Å². The molecule has 13 heavy (non-hydrogen) atoms. The Hall–Kier alpha value is -0.170. The van der Waals surface area contributed by atoms with Crippen LogP contribution in [-0.2, 0) is 10.2 Å². The predicted octanol–water partition coefficient (Wildman–Crippen LogP) is -0.601. The van der Waals surface area contributed by atoms with Gasteiger partial charge in [0.25, 0.3) is 10.2 Å². The van der Waals surface area contributed by atoms with Gasteiger partial charge in [0.2, 0.25) is 0 Å². The summed E-state index contributed by atoms with van der Waals surface area (Å²) in [6.45, 7) is 3.50. The average molecular weight is 210 g/mol. The number of nitrogens with zero attached hydrogens (tertiary/aromatic N) is 1. The van der Waals surface area contributed by atoms with Crippen molar-refractivity contribution in [3.8, 4) is 0 Å². The van der Waals surface area contributed by atoms with Gasteiger partial charge in [-0.15, -0.1) is 0 Å². The monoisotopic (exact) mass is 210 g/mol. The molecular formula is C7H18N2O3S. The van der Waals surface area contributed by atoms with Crippen molar-refractivity contribution in [1.29, 1.82) is 0 Å². The maximum atomic E-state index is 11.3. The van der Waals surface area contributed by atoms with Crippen LogP contribution in [0.3, 0.4) is 0 Å². The molecule has 0 aliphatic carbocycles. The summed E-state index contributed by atoms with van der Waals surface area (Å²) in [6.07, 6.45) is 0. The van der Waals surface area contributed by atoms with E-state index in [9.17, 15) is 8.42 Å². The lowest BCUT2D eigenvalue weighted by molar-refractivity contribution is 0.226. The molecule has 0 spiro atoms. The minimum atomic E-state index is -3.43. The molecule has 0 aliphatic rings. The molecule has 6 heteroatoms.